The van der Waals surface area contributed by atoms with Crippen LogP contribution < -0.4 is 4.90 Å². The first-order chi connectivity index (χ1) is 6.70. The number of carbonyl (C=O) groups is 1. The van der Waals surface area contributed by atoms with Gasteiger partial charge in [0.25, 0.3) is 0 Å². The van der Waals surface area contributed by atoms with Crippen molar-refractivity contribution in [3.05, 3.63) is 11.9 Å². The zero-order valence-electron chi connectivity index (χ0n) is 7.76. The Hall–Kier alpha value is -1.61. The van der Waals surface area contributed by atoms with Crippen molar-refractivity contribution in [2.75, 3.05) is 19.0 Å². The molecule has 0 saturated heterocycles. The number of anilines is 1. The maximum Gasteiger partial charge on any atom is 0.156 e. The van der Waals surface area contributed by atoms with Crippen LogP contribution in [0.4, 0.5) is 5.82 Å². The Morgan fingerprint density at radius 2 is 2.29 bits per heavy atom. The van der Waals surface area contributed by atoms with Gasteiger partial charge in [0.2, 0.25) is 0 Å². The number of aldehydes is 1. The Morgan fingerprint density at radius 3 is 2.79 bits per heavy atom. The molecule has 1 rings (SSSR count). The predicted molar refractivity (Wildman–Crippen MR) is 53.2 cm³/mol. The molecule has 0 saturated carbocycles. The van der Waals surface area contributed by atoms with E-state index in [1.807, 2.05) is 5.40 Å². The average molecular weight is 208 g/mol. The molecule has 1 aromatic heterocycles. The topological polar surface area (TPSA) is 69.9 Å². The largest absolute Gasteiger partial charge is 0.362 e. The number of nitrogens with zero attached hydrogens (tertiary/aromatic N) is 4. The van der Waals surface area contributed by atoms with Gasteiger partial charge >= 0.3 is 0 Å². The molecule has 0 unspecified atom stereocenters. The lowest BCUT2D eigenvalue weighted by Gasteiger charge is -2.13. The number of nitriles is 1. The summed E-state index contributed by atoms with van der Waals surface area (Å²) in [5, 5.41) is 10.8. The Bertz CT molecular complexity index is 385. The predicted octanol–water partition coefficient (Wildman–Crippen LogP) is 0.928. The SMILES string of the molecule is CN(C)c1ncnc(SC#N)c1C=O. The van der Waals surface area contributed by atoms with Gasteiger partial charge in [0.1, 0.15) is 22.6 Å². The van der Waals surface area contributed by atoms with E-state index >= 15 is 0 Å². The summed E-state index contributed by atoms with van der Waals surface area (Å²) in [5.41, 5.74) is 0.351. The molecule has 0 aliphatic carbocycles. The van der Waals surface area contributed by atoms with E-state index in [0.29, 0.717) is 22.7 Å². The second-order valence-electron chi connectivity index (χ2n) is 2.62. The number of hydrogen-bond donors (Lipinski definition) is 0. The lowest BCUT2D eigenvalue weighted by molar-refractivity contribution is 0.112. The number of hydrogen-bond acceptors (Lipinski definition) is 6. The molecule has 72 valence electrons. The van der Waals surface area contributed by atoms with E-state index in [4.69, 9.17) is 5.26 Å². The molecule has 1 heterocycles. The van der Waals surface area contributed by atoms with Gasteiger partial charge in [-0.05, 0) is 0 Å². The summed E-state index contributed by atoms with van der Waals surface area (Å²) in [7, 11) is 3.55. The van der Waals surface area contributed by atoms with Crippen molar-refractivity contribution in [3.8, 4) is 5.40 Å². The number of thioether (sulfide) groups is 1. The molecule has 0 atom stereocenters. The minimum Gasteiger partial charge on any atom is -0.362 e. The van der Waals surface area contributed by atoms with Crippen LogP contribution in [0, 0.1) is 10.7 Å². The van der Waals surface area contributed by atoms with Gasteiger partial charge in [-0.2, -0.15) is 5.26 Å². The normalized spacial score (nSPS) is 9.21. The summed E-state index contributed by atoms with van der Waals surface area (Å²) < 4.78 is 0. The fourth-order valence-electron chi connectivity index (χ4n) is 0.955. The third-order valence-corrected chi connectivity index (χ3v) is 2.12. The average Bonchev–Trinajstić information content (AvgIpc) is 2.18. The molecule has 0 aromatic carbocycles. The van der Waals surface area contributed by atoms with E-state index < -0.39 is 0 Å². The van der Waals surface area contributed by atoms with Crippen LogP contribution in [0.5, 0.6) is 0 Å². The molecule has 0 radical (unpaired) electrons. The fraction of sp³-hybridized carbons (Fsp3) is 0.250. The lowest BCUT2D eigenvalue weighted by atomic mass is 10.3. The quantitative estimate of drug-likeness (QED) is 0.318. The molecule has 0 aliphatic heterocycles. The van der Waals surface area contributed by atoms with Crippen LogP contribution in [0.3, 0.4) is 0 Å². The third-order valence-electron chi connectivity index (χ3n) is 1.51. The Morgan fingerprint density at radius 1 is 1.57 bits per heavy atom. The Balaban J connectivity index is 3.26. The highest BCUT2D eigenvalue weighted by molar-refractivity contribution is 8.03. The first kappa shape index (κ1) is 10.5. The van der Waals surface area contributed by atoms with E-state index in [0.717, 1.165) is 11.8 Å². The van der Waals surface area contributed by atoms with Gasteiger partial charge in [0.15, 0.2) is 6.29 Å². The summed E-state index contributed by atoms with van der Waals surface area (Å²) in [6.45, 7) is 0. The van der Waals surface area contributed by atoms with Gasteiger partial charge in [-0.25, -0.2) is 9.97 Å². The monoisotopic (exact) mass is 208 g/mol. The van der Waals surface area contributed by atoms with Gasteiger partial charge in [0.05, 0.1) is 5.56 Å². The molecule has 0 spiro atoms. The standard InChI is InChI=1S/C8H8N4OS/c1-12(2)7-6(3-13)8(14-4-9)11-5-10-7/h3,5H,1-2H3. The molecule has 6 heteroatoms. The van der Waals surface area contributed by atoms with Gasteiger partial charge in [0, 0.05) is 25.9 Å². The van der Waals surface area contributed by atoms with Crippen molar-refractivity contribution in [1.82, 2.24) is 9.97 Å². The molecule has 14 heavy (non-hydrogen) atoms. The first-order valence-corrected chi connectivity index (χ1v) is 4.55. The van der Waals surface area contributed by atoms with Crippen LogP contribution in [0.1, 0.15) is 10.4 Å². The molecule has 0 bridgehead atoms. The highest BCUT2D eigenvalue weighted by Crippen LogP contribution is 2.23. The lowest BCUT2D eigenvalue weighted by Crippen LogP contribution is -2.14. The van der Waals surface area contributed by atoms with Crippen LogP contribution >= 0.6 is 11.8 Å². The number of aromatic nitrogens is 2. The maximum absolute atomic E-state index is 10.8. The van der Waals surface area contributed by atoms with Crippen molar-refractivity contribution >= 4 is 23.9 Å². The van der Waals surface area contributed by atoms with Gasteiger partial charge in [-0.1, -0.05) is 0 Å². The zero-order valence-corrected chi connectivity index (χ0v) is 8.58. The summed E-state index contributed by atoms with van der Waals surface area (Å²) in [6.07, 6.45) is 2.00. The summed E-state index contributed by atoms with van der Waals surface area (Å²) in [5.74, 6) is 0.521. The maximum atomic E-state index is 10.8. The first-order valence-electron chi connectivity index (χ1n) is 3.74. The molecule has 0 aliphatic rings. The van der Waals surface area contributed by atoms with Crippen molar-refractivity contribution in [1.29, 1.82) is 5.26 Å². The summed E-state index contributed by atoms with van der Waals surface area (Å²) >= 11 is 0.855. The second kappa shape index (κ2) is 4.58. The molecule has 0 fully saturated rings. The van der Waals surface area contributed by atoms with E-state index in [-0.39, 0.29) is 0 Å². The van der Waals surface area contributed by atoms with Crippen LogP contribution in [0.15, 0.2) is 11.4 Å². The van der Waals surface area contributed by atoms with E-state index in [1.165, 1.54) is 6.33 Å². The molecule has 0 amide bonds. The van der Waals surface area contributed by atoms with Crippen LogP contribution in [0.2, 0.25) is 0 Å². The fourth-order valence-corrected chi connectivity index (χ4v) is 1.39. The van der Waals surface area contributed by atoms with Gasteiger partial charge < -0.3 is 4.90 Å². The Labute approximate surface area is 85.8 Å². The summed E-state index contributed by atoms with van der Waals surface area (Å²) in [6, 6.07) is 0. The number of carbonyl (C=O) groups excluding carboxylic acids is 1. The van der Waals surface area contributed by atoms with E-state index in [1.54, 1.807) is 19.0 Å². The minimum absolute atomic E-state index is 0.351. The van der Waals surface area contributed by atoms with Crippen molar-refractivity contribution in [2.45, 2.75) is 5.03 Å². The number of rotatable bonds is 3. The molecule has 1 aromatic rings. The number of thiocyanates is 1. The molecular weight excluding hydrogens is 200 g/mol. The Kier molecular flexibility index (Phi) is 3.42. The van der Waals surface area contributed by atoms with Gasteiger partial charge in [-0.3, -0.25) is 4.79 Å². The van der Waals surface area contributed by atoms with E-state index in [9.17, 15) is 4.79 Å². The minimum atomic E-state index is 0.351. The van der Waals surface area contributed by atoms with Crippen LogP contribution in [-0.4, -0.2) is 30.3 Å². The highest BCUT2D eigenvalue weighted by Gasteiger charge is 2.12. The van der Waals surface area contributed by atoms with Gasteiger partial charge in [-0.15, -0.1) is 0 Å². The second-order valence-corrected chi connectivity index (χ2v) is 3.40. The molecular formula is C8H8N4OS. The summed E-state index contributed by atoms with van der Waals surface area (Å²) in [4.78, 5) is 20.3. The molecule has 5 nitrogen and oxygen atoms in total. The van der Waals surface area contributed by atoms with E-state index in [2.05, 4.69) is 9.97 Å². The zero-order chi connectivity index (χ0) is 10.6. The molecule has 0 N–H and O–H groups in total. The van der Waals surface area contributed by atoms with Crippen molar-refractivity contribution in [3.63, 3.8) is 0 Å². The van der Waals surface area contributed by atoms with Crippen LogP contribution in [0.25, 0.3) is 0 Å². The highest BCUT2D eigenvalue weighted by atomic mass is 32.2. The smallest absolute Gasteiger partial charge is 0.156 e. The third kappa shape index (κ3) is 2.00. The van der Waals surface area contributed by atoms with Crippen molar-refractivity contribution in [2.24, 2.45) is 0 Å². The van der Waals surface area contributed by atoms with Crippen LogP contribution in [-0.2, 0) is 0 Å². The van der Waals surface area contributed by atoms with Crippen molar-refractivity contribution < 1.29 is 4.79 Å².